The first kappa shape index (κ1) is 11.9. The molecule has 19 heavy (non-hydrogen) atoms. The normalized spacial score (nSPS) is 51.1. The highest BCUT2D eigenvalue weighted by Crippen LogP contribution is 2.71. The molecule has 101 valence electrons. The van der Waals surface area contributed by atoms with Gasteiger partial charge >= 0.3 is 5.97 Å². The second-order valence-electron chi connectivity index (χ2n) is 6.83. The minimum Gasteiger partial charge on any atom is -0.480 e. The Labute approximate surface area is 113 Å². The third-order valence-corrected chi connectivity index (χ3v) is 6.58. The molecule has 5 unspecified atom stereocenters. The van der Waals surface area contributed by atoms with Gasteiger partial charge in [0.25, 0.3) is 7.41 Å². The van der Waals surface area contributed by atoms with Gasteiger partial charge in [0.2, 0.25) is 0 Å². The van der Waals surface area contributed by atoms with Crippen LogP contribution in [-0.2, 0) is 9.59 Å². The molecule has 3 aliphatic carbocycles. The third kappa shape index (κ3) is 1.25. The Kier molecular flexibility index (Phi) is 2.42. The SMILES string of the molecule is O=C[B]N1C2CCCC23C2CCC(C2)C3[C@H]1C(=O)O. The summed E-state index contributed by atoms with van der Waals surface area (Å²) in [5.74, 6) is 0.843. The van der Waals surface area contributed by atoms with Crippen molar-refractivity contribution in [2.45, 2.75) is 50.6 Å². The fraction of sp³-hybridized carbons (Fsp3) is 0.857. The van der Waals surface area contributed by atoms with E-state index in [1.54, 1.807) is 0 Å². The molecule has 1 saturated heterocycles. The topological polar surface area (TPSA) is 57.6 Å². The third-order valence-electron chi connectivity index (χ3n) is 6.58. The highest BCUT2D eigenvalue weighted by atomic mass is 16.4. The van der Waals surface area contributed by atoms with Crippen molar-refractivity contribution in [3.8, 4) is 0 Å². The van der Waals surface area contributed by atoms with E-state index in [4.69, 9.17) is 0 Å². The Morgan fingerprint density at radius 1 is 1.37 bits per heavy atom. The number of hydrogen-bond acceptors (Lipinski definition) is 3. The van der Waals surface area contributed by atoms with Crippen LogP contribution in [0.1, 0.15) is 38.5 Å². The number of fused-ring (bicyclic) bond motifs is 3. The predicted octanol–water partition coefficient (Wildman–Crippen LogP) is 1.15. The quantitative estimate of drug-likeness (QED) is 0.611. The zero-order valence-corrected chi connectivity index (χ0v) is 11.0. The first-order chi connectivity index (χ1) is 9.20. The van der Waals surface area contributed by atoms with Crippen molar-refractivity contribution in [1.82, 2.24) is 4.81 Å². The molecule has 4 nitrogen and oxygen atoms in total. The molecule has 1 aliphatic heterocycles. The molecule has 5 heteroatoms. The molecule has 3 saturated carbocycles. The maximum atomic E-state index is 11.8. The van der Waals surface area contributed by atoms with Crippen molar-refractivity contribution in [1.29, 1.82) is 0 Å². The first-order valence-corrected chi connectivity index (χ1v) is 7.49. The fourth-order valence-electron chi connectivity index (χ4n) is 6.35. The van der Waals surface area contributed by atoms with E-state index in [1.165, 1.54) is 39.5 Å². The van der Waals surface area contributed by atoms with E-state index in [-0.39, 0.29) is 11.3 Å². The van der Waals surface area contributed by atoms with E-state index in [2.05, 4.69) is 0 Å². The van der Waals surface area contributed by atoms with E-state index in [0.29, 0.717) is 17.9 Å². The molecule has 1 heterocycles. The van der Waals surface area contributed by atoms with Gasteiger partial charge in [0.15, 0.2) is 0 Å². The Morgan fingerprint density at radius 3 is 2.95 bits per heavy atom. The molecule has 0 aromatic carbocycles. The lowest BCUT2D eigenvalue weighted by molar-refractivity contribution is -0.143. The molecule has 2 bridgehead atoms. The van der Waals surface area contributed by atoms with Crippen LogP contribution < -0.4 is 0 Å². The molecular weight excluding hydrogens is 241 g/mol. The second kappa shape index (κ2) is 3.84. The number of carboxylic acids is 1. The summed E-state index contributed by atoms with van der Waals surface area (Å²) in [4.78, 5) is 24.6. The van der Waals surface area contributed by atoms with Crippen LogP contribution in [0.2, 0.25) is 0 Å². The lowest BCUT2D eigenvalue weighted by Gasteiger charge is -2.40. The summed E-state index contributed by atoms with van der Waals surface area (Å²) in [6, 6.07) is -0.148. The van der Waals surface area contributed by atoms with Crippen LogP contribution >= 0.6 is 0 Å². The Bertz CT molecular complexity index is 442. The van der Waals surface area contributed by atoms with Gasteiger partial charge in [0, 0.05) is 6.04 Å². The van der Waals surface area contributed by atoms with Crippen LogP contribution in [0.5, 0.6) is 0 Å². The standard InChI is InChI=1S/C14H19BNO3/c17-7-15-16-10-2-1-5-14(10)9-4-3-8(6-9)11(14)12(16)13(18)19/h7-12H,1-6H2,(H,18,19)/t8?,9?,10?,11?,12-,14?/m0/s1. The van der Waals surface area contributed by atoms with Crippen molar-refractivity contribution < 1.29 is 14.7 Å². The minimum absolute atomic E-state index is 0.214. The van der Waals surface area contributed by atoms with Crippen molar-refractivity contribution in [3.63, 3.8) is 0 Å². The number of carbonyl (C=O) groups is 2. The van der Waals surface area contributed by atoms with Crippen molar-refractivity contribution in [2.24, 2.45) is 23.2 Å². The number of aliphatic carboxylic acids is 1. The molecule has 1 radical (unpaired) electrons. The van der Waals surface area contributed by atoms with E-state index in [1.807, 2.05) is 4.81 Å². The highest BCUT2D eigenvalue weighted by Gasteiger charge is 2.71. The van der Waals surface area contributed by atoms with Crippen LogP contribution in [0.15, 0.2) is 0 Å². The summed E-state index contributed by atoms with van der Waals surface area (Å²) in [5.41, 5.74) is 0.214. The van der Waals surface area contributed by atoms with Gasteiger partial charge in [0.05, 0.1) is 6.19 Å². The van der Waals surface area contributed by atoms with Crippen LogP contribution in [0.25, 0.3) is 0 Å². The molecule has 1 spiro atoms. The summed E-state index contributed by atoms with van der Waals surface area (Å²) in [5, 5.41) is 9.66. The number of nitrogens with zero attached hydrogens (tertiary/aromatic N) is 1. The van der Waals surface area contributed by atoms with Gasteiger partial charge in [-0.3, -0.25) is 4.79 Å². The van der Waals surface area contributed by atoms with Crippen molar-refractivity contribution in [3.05, 3.63) is 0 Å². The Morgan fingerprint density at radius 2 is 2.21 bits per heavy atom. The predicted molar refractivity (Wildman–Crippen MR) is 70.2 cm³/mol. The molecular formula is C14H19BNO3. The minimum atomic E-state index is -0.732. The maximum absolute atomic E-state index is 11.8. The highest BCUT2D eigenvalue weighted by molar-refractivity contribution is 6.64. The van der Waals surface area contributed by atoms with Gasteiger partial charge in [-0.15, -0.1) is 0 Å². The largest absolute Gasteiger partial charge is 0.480 e. The molecule has 1 N–H and O–H groups in total. The molecule has 6 atom stereocenters. The monoisotopic (exact) mass is 260 g/mol. The number of carbonyl (C=O) groups excluding carboxylic acids is 1. The summed E-state index contributed by atoms with van der Waals surface area (Å²) >= 11 is 0. The molecule has 4 rings (SSSR count). The molecule has 0 amide bonds. The summed E-state index contributed by atoms with van der Waals surface area (Å²) in [6.45, 7) is 0. The van der Waals surface area contributed by atoms with E-state index < -0.39 is 12.0 Å². The first-order valence-electron chi connectivity index (χ1n) is 7.49. The van der Waals surface area contributed by atoms with Gasteiger partial charge in [-0.1, -0.05) is 6.42 Å². The van der Waals surface area contributed by atoms with Crippen molar-refractivity contribution in [2.75, 3.05) is 0 Å². The van der Waals surface area contributed by atoms with Crippen LogP contribution in [0, 0.1) is 23.2 Å². The van der Waals surface area contributed by atoms with Gasteiger partial charge < -0.3 is 14.7 Å². The molecule has 0 aromatic heterocycles. The Hall–Kier alpha value is -0.835. The zero-order valence-electron chi connectivity index (χ0n) is 11.0. The number of rotatable bonds is 3. The smallest absolute Gasteiger partial charge is 0.320 e. The summed E-state index contributed by atoms with van der Waals surface area (Å²) in [6.07, 6.45) is 7.91. The zero-order chi connectivity index (χ0) is 13.2. The van der Waals surface area contributed by atoms with E-state index in [0.717, 1.165) is 12.6 Å². The average molecular weight is 260 g/mol. The van der Waals surface area contributed by atoms with Crippen molar-refractivity contribution >= 4 is 19.6 Å². The van der Waals surface area contributed by atoms with Gasteiger partial charge in [0.1, 0.15) is 6.04 Å². The Balaban J connectivity index is 1.81. The molecule has 4 fully saturated rings. The lowest BCUT2D eigenvalue weighted by Crippen LogP contribution is -2.46. The second-order valence-corrected chi connectivity index (χ2v) is 6.83. The number of carboxylic acid groups (broad SMARTS) is 1. The fourth-order valence-corrected chi connectivity index (χ4v) is 6.35. The average Bonchev–Trinajstić information content (AvgIpc) is 3.06. The van der Waals surface area contributed by atoms with E-state index >= 15 is 0 Å². The molecule has 0 aromatic rings. The molecule has 4 aliphatic rings. The van der Waals surface area contributed by atoms with Crippen LogP contribution in [-0.4, -0.2) is 41.6 Å². The van der Waals surface area contributed by atoms with Crippen LogP contribution in [0.4, 0.5) is 0 Å². The van der Waals surface area contributed by atoms with E-state index in [9.17, 15) is 14.7 Å². The summed E-state index contributed by atoms with van der Waals surface area (Å²) in [7, 11) is 1.51. The number of hydrogen-bond donors (Lipinski definition) is 1. The maximum Gasteiger partial charge on any atom is 0.320 e. The van der Waals surface area contributed by atoms with Gasteiger partial charge in [-0.05, 0) is 55.3 Å². The lowest BCUT2D eigenvalue weighted by atomic mass is 9.64. The van der Waals surface area contributed by atoms with Gasteiger partial charge in [-0.2, -0.15) is 0 Å². The van der Waals surface area contributed by atoms with Crippen LogP contribution in [0.3, 0.4) is 0 Å². The van der Waals surface area contributed by atoms with Gasteiger partial charge in [-0.25, -0.2) is 0 Å². The summed E-state index contributed by atoms with van der Waals surface area (Å²) < 4.78 is 0.